The van der Waals surface area contributed by atoms with Gasteiger partial charge in [-0.15, -0.1) is 0 Å². The van der Waals surface area contributed by atoms with Crippen molar-refractivity contribution in [2.45, 2.75) is 18.9 Å². The summed E-state index contributed by atoms with van der Waals surface area (Å²) < 4.78 is 5.34. The summed E-state index contributed by atoms with van der Waals surface area (Å²) in [6.07, 6.45) is 7.76. The third kappa shape index (κ3) is 2.73. The molecule has 0 unspecified atom stereocenters. The van der Waals surface area contributed by atoms with Gasteiger partial charge in [-0.05, 0) is 36.6 Å². The Bertz CT molecular complexity index is 1380. The van der Waals surface area contributed by atoms with Crippen LogP contribution in [-0.2, 0) is 13.6 Å². The molecular weight excluding hydrogens is 394 g/mol. The Balaban J connectivity index is 1.34. The summed E-state index contributed by atoms with van der Waals surface area (Å²) in [5.74, 6) is 0.970. The Morgan fingerprint density at radius 2 is 2.00 bits per heavy atom. The fourth-order valence-electron chi connectivity index (χ4n) is 5.04. The van der Waals surface area contributed by atoms with Gasteiger partial charge in [0.25, 0.3) is 11.5 Å². The number of hydrogen-bond acceptors (Lipinski definition) is 5. The highest BCUT2D eigenvalue weighted by Crippen LogP contribution is 2.36. The first-order valence-electron chi connectivity index (χ1n) is 10.4. The Labute approximate surface area is 177 Å². The summed E-state index contributed by atoms with van der Waals surface area (Å²) in [7, 11) is 1.89. The molecule has 4 aromatic heterocycles. The van der Waals surface area contributed by atoms with Crippen LogP contribution in [0.1, 0.15) is 28.5 Å². The molecule has 4 aromatic rings. The predicted octanol–water partition coefficient (Wildman–Crippen LogP) is 1.55. The van der Waals surface area contributed by atoms with Crippen LogP contribution in [0.4, 0.5) is 0 Å². The van der Waals surface area contributed by atoms with Crippen LogP contribution < -0.4 is 5.56 Å². The minimum Gasteiger partial charge on any atom is -0.336 e. The number of rotatable bonds is 2. The van der Waals surface area contributed by atoms with Gasteiger partial charge in [0.15, 0.2) is 11.3 Å². The third-order valence-electron chi connectivity index (χ3n) is 6.45. The van der Waals surface area contributed by atoms with Crippen LogP contribution in [0.3, 0.4) is 0 Å². The number of amides is 1. The van der Waals surface area contributed by atoms with Crippen LogP contribution in [0.25, 0.3) is 17.0 Å². The molecule has 0 spiro atoms. The molecule has 156 valence electrons. The number of fused-ring (bicyclic) bond motifs is 5. The van der Waals surface area contributed by atoms with Crippen molar-refractivity contribution in [3.05, 3.63) is 70.8 Å². The van der Waals surface area contributed by atoms with Crippen molar-refractivity contribution >= 4 is 11.6 Å². The SMILES string of the molecule is Cn1ccnc1-c1ccc2n(c1=O)C[C@H]1C[C@@H]2CN(C(=O)c2cnc3cccnn23)C1. The van der Waals surface area contributed by atoms with E-state index in [4.69, 9.17) is 0 Å². The van der Waals surface area contributed by atoms with E-state index in [0.717, 1.165) is 12.1 Å². The monoisotopic (exact) mass is 415 g/mol. The summed E-state index contributed by atoms with van der Waals surface area (Å²) in [4.78, 5) is 37.1. The van der Waals surface area contributed by atoms with E-state index in [1.165, 1.54) is 0 Å². The normalized spacial score (nSPS) is 20.1. The summed E-state index contributed by atoms with van der Waals surface area (Å²) in [6.45, 7) is 1.81. The van der Waals surface area contributed by atoms with Crippen molar-refractivity contribution in [3.63, 3.8) is 0 Å². The van der Waals surface area contributed by atoms with Gasteiger partial charge < -0.3 is 14.0 Å². The molecule has 0 N–H and O–H groups in total. The maximum atomic E-state index is 13.3. The van der Waals surface area contributed by atoms with E-state index in [0.29, 0.717) is 42.4 Å². The van der Waals surface area contributed by atoms with Crippen LogP contribution in [-0.4, -0.2) is 52.6 Å². The summed E-state index contributed by atoms with van der Waals surface area (Å²) >= 11 is 0. The van der Waals surface area contributed by atoms with Gasteiger partial charge in [0.2, 0.25) is 0 Å². The number of hydrogen-bond donors (Lipinski definition) is 0. The number of imidazole rings is 2. The highest BCUT2D eigenvalue weighted by molar-refractivity contribution is 5.93. The lowest BCUT2D eigenvalue weighted by atomic mass is 9.83. The molecular formula is C22H21N7O2. The number of nitrogens with zero attached hydrogens (tertiary/aromatic N) is 7. The van der Waals surface area contributed by atoms with E-state index >= 15 is 0 Å². The zero-order chi connectivity index (χ0) is 21.1. The Morgan fingerprint density at radius 1 is 1.10 bits per heavy atom. The van der Waals surface area contributed by atoms with Crippen LogP contribution in [0, 0.1) is 5.92 Å². The van der Waals surface area contributed by atoms with Gasteiger partial charge in [0, 0.05) is 56.9 Å². The fourth-order valence-corrected chi connectivity index (χ4v) is 5.04. The Morgan fingerprint density at radius 3 is 2.84 bits per heavy atom. The molecule has 1 saturated heterocycles. The van der Waals surface area contributed by atoms with Crippen molar-refractivity contribution < 1.29 is 4.79 Å². The zero-order valence-corrected chi connectivity index (χ0v) is 17.0. The second-order valence-corrected chi connectivity index (χ2v) is 8.40. The van der Waals surface area contributed by atoms with E-state index in [1.54, 1.807) is 29.2 Å². The zero-order valence-electron chi connectivity index (χ0n) is 17.0. The lowest BCUT2D eigenvalue weighted by molar-refractivity contribution is 0.0586. The standard InChI is InChI=1S/C22H21N7O2/c1-26-8-7-23-20(26)16-4-5-17-15-9-14(12-28(17)21(16)30)11-27(13-15)22(31)18-10-24-19-3-2-6-25-29(18)19/h2-8,10,14-15H,9,11-13H2,1H3/t14-,15+/m0/s1. The molecule has 2 bridgehead atoms. The van der Waals surface area contributed by atoms with Crippen LogP contribution in [0.15, 0.2) is 53.8 Å². The molecule has 2 atom stereocenters. The van der Waals surface area contributed by atoms with E-state index in [1.807, 2.05) is 45.5 Å². The van der Waals surface area contributed by atoms with Crippen LogP contribution in [0.5, 0.6) is 0 Å². The molecule has 2 aliphatic rings. The van der Waals surface area contributed by atoms with Crippen molar-refractivity contribution in [2.75, 3.05) is 13.1 Å². The van der Waals surface area contributed by atoms with Crippen LogP contribution >= 0.6 is 0 Å². The molecule has 0 aliphatic carbocycles. The summed E-state index contributed by atoms with van der Waals surface area (Å²) in [5, 5.41) is 4.27. The molecule has 1 amide bonds. The Kier molecular flexibility index (Phi) is 3.86. The van der Waals surface area contributed by atoms with Gasteiger partial charge in [0.1, 0.15) is 5.82 Å². The van der Waals surface area contributed by atoms with Crippen molar-refractivity contribution in [3.8, 4) is 11.4 Å². The minimum absolute atomic E-state index is 0.00717. The van der Waals surface area contributed by atoms with Gasteiger partial charge in [0.05, 0.1) is 11.8 Å². The first-order chi connectivity index (χ1) is 15.1. The number of pyridine rings is 1. The van der Waals surface area contributed by atoms with Gasteiger partial charge in [-0.1, -0.05) is 0 Å². The van der Waals surface area contributed by atoms with Gasteiger partial charge in [-0.25, -0.2) is 14.5 Å². The van der Waals surface area contributed by atoms with Gasteiger partial charge >= 0.3 is 0 Å². The quantitative estimate of drug-likeness (QED) is 0.496. The minimum atomic E-state index is -0.0682. The molecule has 0 saturated carbocycles. The maximum absolute atomic E-state index is 13.3. The molecule has 9 nitrogen and oxygen atoms in total. The number of carbonyl (C=O) groups excluding carboxylic acids is 1. The number of carbonyl (C=O) groups is 1. The highest BCUT2D eigenvalue weighted by Gasteiger charge is 2.37. The average molecular weight is 415 g/mol. The number of likely N-dealkylation sites (tertiary alicyclic amines) is 1. The Hall–Kier alpha value is -3.75. The van der Waals surface area contributed by atoms with E-state index in [-0.39, 0.29) is 23.3 Å². The second kappa shape index (κ2) is 6.63. The average Bonchev–Trinajstić information content (AvgIpc) is 3.40. The summed E-state index contributed by atoms with van der Waals surface area (Å²) in [6, 6.07) is 7.52. The third-order valence-corrected chi connectivity index (χ3v) is 6.45. The van der Waals surface area contributed by atoms with Crippen molar-refractivity contribution in [1.82, 2.24) is 33.6 Å². The number of piperidine rings is 1. The van der Waals surface area contributed by atoms with Crippen LogP contribution in [0.2, 0.25) is 0 Å². The van der Waals surface area contributed by atoms with Crippen molar-refractivity contribution in [2.24, 2.45) is 13.0 Å². The molecule has 9 heteroatoms. The molecule has 6 rings (SSSR count). The van der Waals surface area contributed by atoms with E-state index in [2.05, 4.69) is 15.1 Å². The van der Waals surface area contributed by atoms with Crippen molar-refractivity contribution in [1.29, 1.82) is 0 Å². The lowest BCUT2D eigenvalue weighted by Crippen LogP contribution is -2.49. The molecule has 0 radical (unpaired) electrons. The molecule has 1 fully saturated rings. The lowest BCUT2D eigenvalue weighted by Gasteiger charge is -2.42. The molecule has 31 heavy (non-hydrogen) atoms. The maximum Gasteiger partial charge on any atom is 0.274 e. The second-order valence-electron chi connectivity index (χ2n) is 8.40. The largest absolute Gasteiger partial charge is 0.336 e. The topological polar surface area (TPSA) is 90.3 Å². The number of aryl methyl sites for hydroxylation is 1. The smallest absolute Gasteiger partial charge is 0.274 e. The summed E-state index contributed by atoms with van der Waals surface area (Å²) in [5.41, 5.74) is 2.72. The molecule has 6 heterocycles. The molecule has 0 aromatic carbocycles. The highest BCUT2D eigenvalue weighted by atomic mass is 16.2. The van der Waals surface area contributed by atoms with E-state index < -0.39 is 0 Å². The first kappa shape index (κ1) is 18.1. The number of aromatic nitrogens is 6. The van der Waals surface area contributed by atoms with E-state index in [9.17, 15) is 9.59 Å². The molecule has 2 aliphatic heterocycles. The fraction of sp³-hybridized carbons (Fsp3) is 0.318. The van der Waals surface area contributed by atoms with Gasteiger partial charge in [-0.2, -0.15) is 5.10 Å². The first-order valence-corrected chi connectivity index (χ1v) is 10.4. The van der Waals surface area contributed by atoms with Gasteiger partial charge in [-0.3, -0.25) is 9.59 Å². The predicted molar refractivity (Wildman–Crippen MR) is 113 cm³/mol.